The summed E-state index contributed by atoms with van der Waals surface area (Å²) in [6, 6.07) is 11.0. The number of hydrogen-bond acceptors (Lipinski definition) is 6. The Morgan fingerprint density at radius 2 is 2.10 bits per heavy atom. The van der Waals surface area contributed by atoms with Gasteiger partial charge in [0, 0.05) is 12.1 Å². The number of halogens is 1. The molecule has 1 saturated heterocycles. The number of methoxy groups -OCH3 is 1. The van der Waals surface area contributed by atoms with Crippen molar-refractivity contribution < 1.29 is 19.1 Å². The number of primary amides is 1. The molecule has 0 radical (unpaired) electrons. The number of likely N-dealkylation sites (tertiary alicyclic amines) is 1. The van der Waals surface area contributed by atoms with Gasteiger partial charge in [0.05, 0.1) is 28.4 Å². The van der Waals surface area contributed by atoms with Crippen molar-refractivity contribution in [3.63, 3.8) is 0 Å². The normalized spacial score (nSPS) is 16.3. The van der Waals surface area contributed by atoms with E-state index < -0.39 is 5.91 Å². The number of carbonyl (C=O) groups is 2. The van der Waals surface area contributed by atoms with Crippen LogP contribution in [0.1, 0.15) is 40.7 Å². The largest absolute Gasteiger partial charge is 0.493 e. The van der Waals surface area contributed by atoms with E-state index in [9.17, 15) is 9.59 Å². The molecule has 3 aromatic rings. The van der Waals surface area contributed by atoms with Crippen molar-refractivity contribution in [3.05, 3.63) is 52.0 Å². The lowest BCUT2D eigenvalue weighted by molar-refractivity contribution is -0.119. The summed E-state index contributed by atoms with van der Waals surface area (Å²) in [4.78, 5) is 31.2. The van der Waals surface area contributed by atoms with Crippen LogP contribution in [0.4, 0.5) is 0 Å². The zero-order chi connectivity index (χ0) is 22.0. The number of fused-ring (bicyclic) bond motifs is 1. The number of rotatable bonds is 6. The number of nitrogens with two attached hydrogens (primary N) is 1. The number of hydrogen-bond donors (Lipinski definition) is 1. The molecule has 0 saturated carbocycles. The molecule has 9 heteroatoms. The van der Waals surface area contributed by atoms with Crippen LogP contribution in [0.25, 0.3) is 10.2 Å². The molecule has 1 atom stereocenters. The number of ether oxygens (including phenoxy) is 2. The van der Waals surface area contributed by atoms with Gasteiger partial charge in [-0.25, -0.2) is 4.98 Å². The van der Waals surface area contributed by atoms with E-state index in [1.165, 1.54) is 13.2 Å². The molecular formula is C22H22ClN3O4S. The molecule has 0 aliphatic carbocycles. The Bertz CT molecular complexity index is 1100. The summed E-state index contributed by atoms with van der Waals surface area (Å²) in [5.74, 6) is -0.331. The molecule has 1 aromatic heterocycles. The number of piperidine rings is 1. The first-order chi connectivity index (χ1) is 15.0. The third kappa shape index (κ3) is 4.45. The van der Waals surface area contributed by atoms with E-state index in [0.29, 0.717) is 12.1 Å². The Morgan fingerprint density at radius 3 is 2.84 bits per heavy atom. The fourth-order valence-corrected chi connectivity index (χ4v) is 5.14. The average Bonchev–Trinajstić information content (AvgIpc) is 3.21. The van der Waals surface area contributed by atoms with Gasteiger partial charge in [-0.3, -0.25) is 9.59 Å². The van der Waals surface area contributed by atoms with Gasteiger partial charge in [0.1, 0.15) is 5.01 Å². The molecule has 7 nitrogen and oxygen atoms in total. The lowest BCUT2D eigenvalue weighted by atomic mass is 10.0. The Labute approximate surface area is 188 Å². The van der Waals surface area contributed by atoms with Crippen LogP contribution in [0.3, 0.4) is 0 Å². The van der Waals surface area contributed by atoms with Crippen LogP contribution in [0.2, 0.25) is 5.02 Å². The zero-order valence-electron chi connectivity index (χ0n) is 17.0. The second-order valence-electron chi connectivity index (χ2n) is 7.27. The Balaban J connectivity index is 1.65. The molecule has 1 aliphatic heterocycles. The molecule has 0 spiro atoms. The maximum absolute atomic E-state index is 13.5. The molecule has 2 heterocycles. The monoisotopic (exact) mass is 459 g/mol. The van der Waals surface area contributed by atoms with Crippen LogP contribution in [0.5, 0.6) is 11.5 Å². The van der Waals surface area contributed by atoms with Crippen molar-refractivity contribution in [1.29, 1.82) is 0 Å². The number of para-hydroxylation sites is 1. The van der Waals surface area contributed by atoms with Gasteiger partial charge < -0.3 is 20.1 Å². The van der Waals surface area contributed by atoms with Gasteiger partial charge >= 0.3 is 0 Å². The summed E-state index contributed by atoms with van der Waals surface area (Å²) in [6.07, 6.45) is 2.82. The van der Waals surface area contributed by atoms with Crippen molar-refractivity contribution >= 4 is 45.0 Å². The number of aromatic nitrogens is 1. The van der Waals surface area contributed by atoms with E-state index >= 15 is 0 Å². The maximum atomic E-state index is 13.5. The smallest absolute Gasteiger partial charge is 0.255 e. The highest BCUT2D eigenvalue weighted by atomic mass is 35.5. The van der Waals surface area contributed by atoms with Crippen LogP contribution in [0, 0.1) is 0 Å². The van der Waals surface area contributed by atoms with E-state index in [-0.39, 0.29) is 35.1 Å². The van der Waals surface area contributed by atoms with Crippen LogP contribution in [0.15, 0.2) is 36.4 Å². The Kier molecular flexibility index (Phi) is 6.29. The van der Waals surface area contributed by atoms with Gasteiger partial charge in [-0.1, -0.05) is 23.7 Å². The van der Waals surface area contributed by atoms with Crippen LogP contribution >= 0.6 is 22.9 Å². The second-order valence-corrected chi connectivity index (χ2v) is 8.74. The van der Waals surface area contributed by atoms with Gasteiger partial charge in [0.2, 0.25) is 0 Å². The quantitative estimate of drug-likeness (QED) is 0.596. The number of nitrogens with zero attached hydrogens (tertiary/aromatic N) is 2. The fourth-order valence-electron chi connectivity index (χ4n) is 3.76. The zero-order valence-corrected chi connectivity index (χ0v) is 18.5. The van der Waals surface area contributed by atoms with E-state index in [2.05, 4.69) is 0 Å². The van der Waals surface area contributed by atoms with E-state index in [4.69, 9.17) is 31.8 Å². The van der Waals surface area contributed by atoms with Crippen molar-refractivity contribution in [2.45, 2.75) is 25.3 Å². The molecule has 162 valence electrons. The van der Waals surface area contributed by atoms with E-state index in [0.717, 1.165) is 34.5 Å². The third-order valence-electron chi connectivity index (χ3n) is 5.19. The van der Waals surface area contributed by atoms with Gasteiger partial charge in [0.15, 0.2) is 18.1 Å². The highest BCUT2D eigenvalue weighted by Gasteiger charge is 2.32. The van der Waals surface area contributed by atoms with Gasteiger partial charge in [-0.15, -0.1) is 11.3 Å². The summed E-state index contributed by atoms with van der Waals surface area (Å²) in [5.41, 5.74) is 6.48. The summed E-state index contributed by atoms with van der Waals surface area (Å²) in [5, 5.41) is 1.12. The molecule has 0 bridgehead atoms. The highest BCUT2D eigenvalue weighted by Crippen LogP contribution is 2.39. The maximum Gasteiger partial charge on any atom is 0.255 e. The predicted octanol–water partition coefficient (Wildman–Crippen LogP) is 4.19. The van der Waals surface area contributed by atoms with Crippen molar-refractivity contribution in [2.75, 3.05) is 20.3 Å². The van der Waals surface area contributed by atoms with E-state index in [1.807, 2.05) is 29.2 Å². The summed E-state index contributed by atoms with van der Waals surface area (Å²) < 4.78 is 11.8. The molecule has 1 fully saturated rings. The second kappa shape index (κ2) is 9.11. The number of amides is 2. The van der Waals surface area contributed by atoms with Gasteiger partial charge in [-0.2, -0.15) is 0 Å². The van der Waals surface area contributed by atoms with Crippen molar-refractivity contribution in [1.82, 2.24) is 9.88 Å². The Hall–Kier alpha value is -2.84. The minimum atomic E-state index is -0.634. The van der Waals surface area contributed by atoms with Crippen molar-refractivity contribution in [3.8, 4) is 11.5 Å². The minimum Gasteiger partial charge on any atom is -0.493 e. The van der Waals surface area contributed by atoms with Crippen LogP contribution in [-0.4, -0.2) is 42.0 Å². The molecule has 1 aliphatic rings. The first-order valence-corrected chi connectivity index (χ1v) is 11.1. The first kappa shape index (κ1) is 21.4. The molecule has 2 N–H and O–H groups in total. The number of benzene rings is 2. The third-order valence-corrected chi connectivity index (χ3v) is 6.61. The lowest BCUT2D eigenvalue weighted by Gasteiger charge is -2.34. The molecule has 4 rings (SSSR count). The van der Waals surface area contributed by atoms with Gasteiger partial charge in [-0.05, 0) is 43.5 Å². The van der Waals surface area contributed by atoms with E-state index in [1.54, 1.807) is 17.4 Å². The first-order valence-electron chi connectivity index (χ1n) is 9.93. The van der Waals surface area contributed by atoms with Crippen molar-refractivity contribution in [2.24, 2.45) is 5.73 Å². The summed E-state index contributed by atoms with van der Waals surface area (Å²) >= 11 is 7.97. The van der Waals surface area contributed by atoms with Crippen LogP contribution < -0.4 is 15.2 Å². The van der Waals surface area contributed by atoms with Crippen LogP contribution in [-0.2, 0) is 4.79 Å². The molecular weight excluding hydrogens is 438 g/mol. The molecule has 1 unspecified atom stereocenters. The topological polar surface area (TPSA) is 94.8 Å². The standard InChI is InChI=1S/C22H22ClN3O4S/c1-29-17-11-13(10-14(23)20(17)30-12-19(24)27)22(28)26-9-5-4-7-16(26)21-25-15-6-2-3-8-18(15)31-21/h2-3,6,8,10-11,16H,4-5,7,9,12H2,1H3,(H2,24,27). The molecule has 31 heavy (non-hydrogen) atoms. The fraction of sp³-hybridized carbons (Fsp3) is 0.318. The molecule has 2 aromatic carbocycles. The number of thiazole rings is 1. The predicted molar refractivity (Wildman–Crippen MR) is 120 cm³/mol. The summed E-state index contributed by atoms with van der Waals surface area (Å²) in [6.45, 7) is 0.300. The number of carbonyl (C=O) groups excluding carboxylic acids is 2. The minimum absolute atomic E-state index is 0.0887. The highest BCUT2D eigenvalue weighted by molar-refractivity contribution is 7.18. The lowest BCUT2D eigenvalue weighted by Crippen LogP contribution is -2.38. The van der Waals surface area contributed by atoms with Gasteiger partial charge in [0.25, 0.3) is 11.8 Å². The summed E-state index contributed by atoms with van der Waals surface area (Å²) in [7, 11) is 1.45. The average molecular weight is 460 g/mol. The Morgan fingerprint density at radius 1 is 1.29 bits per heavy atom. The SMILES string of the molecule is COc1cc(C(=O)N2CCCCC2c2nc3ccccc3s2)cc(Cl)c1OCC(N)=O. The molecule has 2 amide bonds.